The van der Waals surface area contributed by atoms with Crippen molar-refractivity contribution in [3.05, 3.63) is 32.7 Å². The SMILES string of the molecule is Nn1c(=O)c2cc(F)c(N3C[C@H](CO)[C@H](F)C3)[nH+]c2n(C2CC2)c1=O. The fraction of sp³-hybridized carbons (Fsp3) is 0.533. The van der Waals surface area contributed by atoms with Gasteiger partial charge in [-0.25, -0.2) is 18.7 Å². The molecule has 2 aromatic heterocycles. The van der Waals surface area contributed by atoms with Gasteiger partial charge in [-0.1, -0.05) is 0 Å². The van der Waals surface area contributed by atoms with Gasteiger partial charge in [0.05, 0.1) is 25.7 Å². The van der Waals surface area contributed by atoms with E-state index in [2.05, 4.69) is 4.98 Å². The molecule has 1 aliphatic heterocycles. The molecule has 1 saturated heterocycles. The molecule has 0 radical (unpaired) electrons. The number of nitrogen functional groups attached to an aromatic ring is 1. The van der Waals surface area contributed by atoms with Crippen LogP contribution in [-0.4, -0.2) is 40.2 Å². The van der Waals surface area contributed by atoms with E-state index < -0.39 is 29.2 Å². The number of H-pyrrole nitrogens is 1. The molecule has 1 saturated carbocycles. The maximum atomic E-state index is 14.6. The molecule has 10 heteroatoms. The van der Waals surface area contributed by atoms with Gasteiger partial charge in [-0.15, -0.1) is 0 Å². The molecule has 0 spiro atoms. The van der Waals surface area contributed by atoms with E-state index in [0.29, 0.717) is 4.68 Å². The summed E-state index contributed by atoms with van der Waals surface area (Å²) in [7, 11) is 0. The Bertz CT molecular complexity index is 968. The van der Waals surface area contributed by atoms with Crippen LogP contribution >= 0.6 is 0 Å². The monoisotopic (exact) mass is 354 g/mol. The predicted octanol–water partition coefficient (Wildman–Crippen LogP) is -1.07. The Labute approximate surface area is 140 Å². The fourth-order valence-corrected chi connectivity index (χ4v) is 3.37. The second kappa shape index (κ2) is 5.51. The highest BCUT2D eigenvalue weighted by Gasteiger charge is 2.39. The Morgan fingerprint density at radius 1 is 1.32 bits per heavy atom. The lowest BCUT2D eigenvalue weighted by Gasteiger charge is -2.14. The normalized spacial score (nSPS) is 23.6. The highest BCUT2D eigenvalue weighted by atomic mass is 19.1. The minimum atomic E-state index is -1.28. The van der Waals surface area contributed by atoms with Gasteiger partial charge in [-0.2, -0.15) is 9.07 Å². The smallest absolute Gasteiger partial charge is 0.396 e. The van der Waals surface area contributed by atoms with E-state index >= 15 is 0 Å². The first-order valence-corrected chi connectivity index (χ1v) is 8.10. The molecule has 134 valence electrons. The summed E-state index contributed by atoms with van der Waals surface area (Å²) >= 11 is 0. The van der Waals surface area contributed by atoms with Crippen molar-refractivity contribution in [3.63, 3.8) is 0 Å². The maximum absolute atomic E-state index is 14.6. The van der Waals surface area contributed by atoms with Crippen LogP contribution in [0.1, 0.15) is 18.9 Å². The van der Waals surface area contributed by atoms with Crippen molar-refractivity contribution in [2.75, 3.05) is 30.4 Å². The predicted molar refractivity (Wildman–Crippen MR) is 85.1 cm³/mol. The standard InChI is InChI=1S/C15H17F2N5O3/c16-10-3-9-12(19-13(10)20-4-7(6-23)11(17)5-20)21(8-1-2-8)15(25)22(18)14(9)24/h3,7-8,11,23H,1-2,4-6,18H2/p+1/t7-,11-/m1/s1. The van der Waals surface area contributed by atoms with E-state index in [4.69, 9.17) is 5.84 Å². The van der Waals surface area contributed by atoms with E-state index in [1.165, 1.54) is 9.47 Å². The molecule has 0 unspecified atom stereocenters. The minimum absolute atomic E-state index is 0.00549. The number of fused-ring (bicyclic) bond motifs is 1. The summed E-state index contributed by atoms with van der Waals surface area (Å²) in [5, 5.41) is 9.16. The summed E-state index contributed by atoms with van der Waals surface area (Å²) < 4.78 is 30.3. The first-order chi connectivity index (χ1) is 11.9. The molecule has 8 nitrogen and oxygen atoms in total. The zero-order chi connectivity index (χ0) is 17.9. The number of nitrogens with two attached hydrogens (primary N) is 1. The third-order valence-corrected chi connectivity index (χ3v) is 4.92. The van der Waals surface area contributed by atoms with Gasteiger partial charge in [-0.3, -0.25) is 9.69 Å². The lowest BCUT2D eigenvalue weighted by Crippen LogP contribution is -2.46. The van der Waals surface area contributed by atoms with Crippen molar-refractivity contribution in [1.82, 2.24) is 9.24 Å². The number of alkyl halides is 1. The molecule has 25 heavy (non-hydrogen) atoms. The van der Waals surface area contributed by atoms with Crippen LogP contribution in [0.2, 0.25) is 0 Å². The molecule has 2 aliphatic rings. The van der Waals surface area contributed by atoms with E-state index in [9.17, 15) is 23.5 Å². The topological polar surface area (TPSA) is 108 Å². The van der Waals surface area contributed by atoms with Crippen LogP contribution in [0.4, 0.5) is 14.6 Å². The number of nitrogens with zero attached hydrogens (tertiary/aromatic N) is 3. The van der Waals surface area contributed by atoms with Crippen LogP contribution in [-0.2, 0) is 0 Å². The van der Waals surface area contributed by atoms with Crippen molar-refractivity contribution >= 4 is 16.9 Å². The average molecular weight is 354 g/mol. The number of aliphatic hydroxyl groups is 1. The van der Waals surface area contributed by atoms with Crippen LogP contribution in [0.5, 0.6) is 0 Å². The molecular formula is C15H18F2N5O3+. The molecule has 4 N–H and O–H groups in total. The highest BCUT2D eigenvalue weighted by Crippen LogP contribution is 2.35. The van der Waals surface area contributed by atoms with Gasteiger partial charge in [-0.05, 0) is 12.8 Å². The first-order valence-electron chi connectivity index (χ1n) is 8.10. The minimum Gasteiger partial charge on any atom is -0.396 e. The van der Waals surface area contributed by atoms with E-state index in [1.54, 1.807) is 0 Å². The van der Waals surface area contributed by atoms with E-state index in [0.717, 1.165) is 18.9 Å². The summed E-state index contributed by atoms with van der Waals surface area (Å²) in [6, 6.07) is 0.919. The molecule has 2 aromatic rings. The van der Waals surface area contributed by atoms with Gasteiger partial charge in [0.15, 0.2) is 5.82 Å². The second-order valence-corrected chi connectivity index (χ2v) is 6.65. The Morgan fingerprint density at radius 2 is 2.04 bits per heavy atom. The van der Waals surface area contributed by atoms with Gasteiger partial charge in [0, 0.05) is 12.0 Å². The van der Waals surface area contributed by atoms with Crippen LogP contribution in [0.3, 0.4) is 0 Å². The molecule has 1 aliphatic carbocycles. The van der Waals surface area contributed by atoms with Crippen molar-refractivity contribution in [2.45, 2.75) is 25.1 Å². The number of nitrogens with one attached hydrogen (secondary N) is 1. The Balaban J connectivity index is 1.92. The number of hydrogen-bond donors (Lipinski definition) is 2. The van der Waals surface area contributed by atoms with E-state index in [1.807, 2.05) is 0 Å². The number of aromatic amines is 1. The van der Waals surface area contributed by atoms with Crippen LogP contribution in [0.25, 0.3) is 11.0 Å². The maximum Gasteiger partial charge on any atom is 0.408 e. The number of hydrogen-bond acceptors (Lipinski definition) is 5. The molecule has 3 heterocycles. The van der Waals surface area contributed by atoms with Crippen molar-refractivity contribution < 1.29 is 18.9 Å². The molecule has 2 fully saturated rings. The van der Waals surface area contributed by atoms with Gasteiger partial charge in [0.25, 0.3) is 11.4 Å². The number of aromatic nitrogens is 3. The summed E-state index contributed by atoms with van der Waals surface area (Å²) in [5.74, 6) is 4.18. The molecule has 0 aromatic carbocycles. The third kappa shape index (κ3) is 2.39. The molecule has 0 bridgehead atoms. The van der Waals surface area contributed by atoms with Crippen LogP contribution in [0.15, 0.2) is 15.7 Å². The fourth-order valence-electron chi connectivity index (χ4n) is 3.37. The van der Waals surface area contributed by atoms with Crippen LogP contribution in [0, 0.1) is 11.7 Å². The van der Waals surface area contributed by atoms with Crippen molar-refractivity contribution in [2.24, 2.45) is 5.92 Å². The number of halogens is 2. The lowest BCUT2D eigenvalue weighted by molar-refractivity contribution is -0.338. The quantitative estimate of drug-likeness (QED) is 0.683. The van der Waals surface area contributed by atoms with Gasteiger partial charge in [0.2, 0.25) is 5.65 Å². The zero-order valence-electron chi connectivity index (χ0n) is 13.3. The third-order valence-electron chi connectivity index (χ3n) is 4.92. The van der Waals surface area contributed by atoms with Gasteiger partial charge >= 0.3 is 5.69 Å². The summed E-state index contributed by atoms with van der Waals surface area (Å²) in [4.78, 5) is 28.8. The first kappa shape index (κ1) is 16.0. The molecular weight excluding hydrogens is 336 g/mol. The molecule has 0 amide bonds. The van der Waals surface area contributed by atoms with Gasteiger partial charge < -0.3 is 10.9 Å². The number of aliphatic hydroxyl groups excluding tert-OH is 1. The number of pyridine rings is 1. The molecule has 4 rings (SSSR count). The Morgan fingerprint density at radius 3 is 2.64 bits per heavy atom. The highest BCUT2D eigenvalue weighted by molar-refractivity contribution is 5.72. The van der Waals surface area contributed by atoms with Gasteiger partial charge in [0.1, 0.15) is 11.6 Å². The lowest BCUT2D eigenvalue weighted by atomic mass is 10.1. The van der Waals surface area contributed by atoms with Crippen molar-refractivity contribution in [1.29, 1.82) is 0 Å². The largest absolute Gasteiger partial charge is 0.408 e. The van der Waals surface area contributed by atoms with E-state index in [-0.39, 0.29) is 42.6 Å². The van der Waals surface area contributed by atoms with Crippen molar-refractivity contribution in [3.8, 4) is 0 Å². The van der Waals surface area contributed by atoms with Crippen LogP contribution < -0.4 is 27.0 Å². The zero-order valence-corrected chi connectivity index (χ0v) is 13.3. The summed E-state index contributed by atoms with van der Waals surface area (Å²) in [6.45, 7) is -0.276. The summed E-state index contributed by atoms with van der Waals surface area (Å²) in [5.41, 5.74) is -1.29. The number of rotatable bonds is 3. The Hall–Kier alpha value is -2.49. The Kier molecular flexibility index (Phi) is 3.53. The summed E-state index contributed by atoms with van der Waals surface area (Å²) in [6.07, 6.45) is 0.240. The average Bonchev–Trinajstić information content (AvgIpc) is 3.35. The molecule has 2 atom stereocenters. The second-order valence-electron chi connectivity index (χ2n) is 6.65. The number of anilines is 1.